The van der Waals surface area contributed by atoms with Gasteiger partial charge in [-0.2, -0.15) is 0 Å². The molecule has 5 heteroatoms. The van der Waals surface area contributed by atoms with Crippen LogP contribution in [0.5, 0.6) is 11.5 Å². The lowest BCUT2D eigenvalue weighted by Gasteiger charge is -2.07. The third kappa shape index (κ3) is 4.46. The molecule has 0 saturated heterocycles. The van der Waals surface area contributed by atoms with E-state index >= 15 is 0 Å². The van der Waals surface area contributed by atoms with E-state index in [0.717, 1.165) is 5.56 Å². The largest absolute Gasteiger partial charge is 0.493 e. The first-order chi connectivity index (χ1) is 11.5. The van der Waals surface area contributed by atoms with Gasteiger partial charge in [0.15, 0.2) is 17.3 Å². The van der Waals surface area contributed by atoms with E-state index in [1.807, 2.05) is 6.07 Å². The van der Waals surface area contributed by atoms with E-state index in [4.69, 9.17) is 9.47 Å². The number of ether oxygens (including phenoxy) is 2. The summed E-state index contributed by atoms with van der Waals surface area (Å²) in [6.45, 7) is 1.48. The molecule has 1 amide bonds. The normalized spacial score (nSPS) is 10.5. The smallest absolute Gasteiger partial charge is 0.248 e. The van der Waals surface area contributed by atoms with Crippen molar-refractivity contribution in [1.82, 2.24) is 0 Å². The molecule has 0 aromatic heterocycles. The fraction of sp³-hybridized carbons (Fsp3) is 0.158. The Morgan fingerprint density at radius 1 is 1.00 bits per heavy atom. The Labute approximate surface area is 140 Å². The minimum absolute atomic E-state index is 0.0491. The molecule has 5 nitrogen and oxygen atoms in total. The van der Waals surface area contributed by atoms with Crippen LogP contribution in [0, 0.1) is 0 Å². The highest BCUT2D eigenvalue weighted by molar-refractivity contribution is 6.03. The lowest BCUT2D eigenvalue weighted by molar-refractivity contribution is -0.111. The Balaban J connectivity index is 2.08. The highest BCUT2D eigenvalue weighted by Crippen LogP contribution is 2.27. The fourth-order valence-corrected chi connectivity index (χ4v) is 2.13. The average molecular weight is 325 g/mol. The van der Waals surface area contributed by atoms with Gasteiger partial charge >= 0.3 is 0 Å². The van der Waals surface area contributed by atoms with Crippen molar-refractivity contribution in [3.05, 3.63) is 59.7 Å². The van der Waals surface area contributed by atoms with E-state index in [1.54, 1.807) is 56.7 Å². The number of rotatable bonds is 6. The van der Waals surface area contributed by atoms with Gasteiger partial charge in [-0.25, -0.2) is 0 Å². The lowest BCUT2D eigenvalue weighted by Crippen LogP contribution is -2.08. The van der Waals surface area contributed by atoms with Crippen molar-refractivity contribution in [3.8, 4) is 11.5 Å². The number of carbonyl (C=O) groups excluding carboxylic acids is 2. The van der Waals surface area contributed by atoms with Crippen LogP contribution in [0.3, 0.4) is 0 Å². The summed E-state index contributed by atoms with van der Waals surface area (Å²) in [7, 11) is 3.12. The van der Waals surface area contributed by atoms with Gasteiger partial charge in [0.2, 0.25) is 5.91 Å². The third-order valence-corrected chi connectivity index (χ3v) is 3.37. The van der Waals surface area contributed by atoms with Crippen molar-refractivity contribution < 1.29 is 19.1 Å². The number of hydrogen-bond donors (Lipinski definition) is 1. The lowest BCUT2D eigenvalue weighted by atomic mass is 10.1. The maximum absolute atomic E-state index is 12.0. The molecule has 124 valence electrons. The van der Waals surface area contributed by atoms with Crippen LogP contribution in [0.4, 0.5) is 5.69 Å². The van der Waals surface area contributed by atoms with Gasteiger partial charge in [-0.3, -0.25) is 9.59 Å². The van der Waals surface area contributed by atoms with Crippen LogP contribution in [0.25, 0.3) is 6.08 Å². The average Bonchev–Trinajstić information content (AvgIpc) is 2.59. The summed E-state index contributed by atoms with van der Waals surface area (Å²) in [5, 5.41) is 2.72. The second-order valence-corrected chi connectivity index (χ2v) is 5.07. The molecule has 0 spiro atoms. The minimum atomic E-state index is -0.287. The quantitative estimate of drug-likeness (QED) is 0.651. The standard InChI is InChI=1S/C19H19NO4/c1-13(21)15-5-4-6-16(12-15)20-19(22)10-8-14-7-9-17(23-2)18(11-14)24-3/h4-12H,1-3H3,(H,20,22)/b10-8+. The monoisotopic (exact) mass is 325 g/mol. The molecular formula is C19H19NO4. The number of nitrogens with one attached hydrogen (secondary N) is 1. The SMILES string of the molecule is COc1ccc(/C=C/C(=O)Nc2cccc(C(C)=O)c2)cc1OC. The van der Waals surface area contributed by atoms with Gasteiger partial charge in [-0.15, -0.1) is 0 Å². The van der Waals surface area contributed by atoms with Gasteiger partial charge in [0, 0.05) is 17.3 Å². The second kappa shape index (κ2) is 7.97. The van der Waals surface area contributed by atoms with Crippen LogP contribution in [0.1, 0.15) is 22.8 Å². The van der Waals surface area contributed by atoms with Crippen LogP contribution in [0.2, 0.25) is 0 Å². The van der Waals surface area contributed by atoms with Crippen LogP contribution in [-0.4, -0.2) is 25.9 Å². The Morgan fingerprint density at radius 2 is 1.75 bits per heavy atom. The molecule has 2 aromatic carbocycles. The van der Waals surface area contributed by atoms with Crippen LogP contribution < -0.4 is 14.8 Å². The summed E-state index contributed by atoms with van der Waals surface area (Å²) in [6, 6.07) is 12.2. The molecule has 0 fully saturated rings. The van der Waals surface area contributed by atoms with Gasteiger partial charge in [-0.05, 0) is 42.8 Å². The first-order valence-electron chi connectivity index (χ1n) is 7.35. The number of amides is 1. The fourth-order valence-electron chi connectivity index (χ4n) is 2.13. The van der Waals surface area contributed by atoms with Crippen molar-refractivity contribution in [2.75, 3.05) is 19.5 Å². The summed E-state index contributed by atoms with van der Waals surface area (Å²) in [5.41, 5.74) is 1.93. The van der Waals surface area contributed by atoms with E-state index in [0.29, 0.717) is 22.7 Å². The van der Waals surface area contributed by atoms with Gasteiger partial charge in [0.25, 0.3) is 0 Å². The zero-order valence-electron chi connectivity index (χ0n) is 13.8. The van der Waals surface area contributed by atoms with Crippen molar-refractivity contribution in [2.45, 2.75) is 6.92 Å². The van der Waals surface area contributed by atoms with E-state index in [2.05, 4.69) is 5.32 Å². The number of benzene rings is 2. The van der Waals surface area contributed by atoms with Crippen LogP contribution in [-0.2, 0) is 4.79 Å². The van der Waals surface area contributed by atoms with E-state index in [1.165, 1.54) is 13.0 Å². The van der Waals surface area contributed by atoms with Gasteiger partial charge in [-0.1, -0.05) is 18.2 Å². The Hall–Kier alpha value is -3.08. The highest BCUT2D eigenvalue weighted by Gasteiger charge is 2.04. The number of anilines is 1. The predicted octanol–water partition coefficient (Wildman–Crippen LogP) is 3.56. The highest BCUT2D eigenvalue weighted by atomic mass is 16.5. The molecule has 0 aliphatic heterocycles. The van der Waals surface area contributed by atoms with Gasteiger partial charge in [0.1, 0.15) is 0 Å². The minimum Gasteiger partial charge on any atom is -0.493 e. The maximum Gasteiger partial charge on any atom is 0.248 e. The molecule has 1 N–H and O–H groups in total. The molecule has 2 aromatic rings. The van der Waals surface area contributed by atoms with Crippen LogP contribution >= 0.6 is 0 Å². The summed E-state index contributed by atoms with van der Waals surface area (Å²) in [6.07, 6.45) is 3.09. The van der Waals surface area contributed by atoms with Crippen molar-refractivity contribution in [2.24, 2.45) is 0 Å². The first-order valence-corrected chi connectivity index (χ1v) is 7.35. The molecule has 2 rings (SSSR count). The maximum atomic E-state index is 12.0. The van der Waals surface area contributed by atoms with Gasteiger partial charge < -0.3 is 14.8 Å². The Kier molecular flexibility index (Phi) is 5.73. The van der Waals surface area contributed by atoms with Crippen molar-refractivity contribution in [1.29, 1.82) is 0 Å². The number of carbonyl (C=O) groups is 2. The first kappa shape index (κ1) is 17.3. The molecule has 0 aliphatic rings. The molecule has 0 atom stereocenters. The molecule has 0 heterocycles. The molecule has 0 radical (unpaired) electrons. The number of Topliss-reactive ketones (excluding diaryl/α,β-unsaturated/α-hetero) is 1. The van der Waals surface area contributed by atoms with Crippen molar-refractivity contribution in [3.63, 3.8) is 0 Å². The third-order valence-electron chi connectivity index (χ3n) is 3.37. The molecule has 0 saturated carbocycles. The molecule has 0 bridgehead atoms. The predicted molar refractivity (Wildman–Crippen MR) is 93.7 cm³/mol. The van der Waals surface area contributed by atoms with E-state index in [9.17, 15) is 9.59 Å². The second-order valence-electron chi connectivity index (χ2n) is 5.07. The number of ketones is 1. The summed E-state index contributed by atoms with van der Waals surface area (Å²) >= 11 is 0. The van der Waals surface area contributed by atoms with Crippen molar-refractivity contribution >= 4 is 23.5 Å². The molecule has 0 aliphatic carbocycles. The summed E-state index contributed by atoms with van der Waals surface area (Å²) in [4.78, 5) is 23.4. The Bertz CT molecular complexity index is 781. The topological polar surface area (TPSA) is 64.6 Å². The zero-order valence-corrected chi connectivity index (χ0v) is 13.8. The summed E-state index contributed by atoms with van der Waals surface area (Å²) < 4.78 is 10.4. The molecule has 0 unspecified atom stereocenters. The number of methoxy groups -OCH3 is 2. The summed E-state index contributed by atoms with van der Waals surface area (Å²) in [5.74, 6) is 0.881. The van der Waals surface area contributed by atoms with E-state index in [-0.39, 0.29) is 11.7 Å². The molecular weight excluding hydrogens is 306 g/mol. The Morgan fingerprint density at radius 3 is 2.42 bits per heavy atom. The van der Waals surface area contributed by atoms with E-state index < -0.39 is 0 Å². The number of hydrogen-bond acceptors (Lipinski definition) is 4. The molecule has 24 heavy (non-hydrogen) atoms. The zero-order chi connectivity index (χ0) is 17.5. The van der Waals surface area contributed by atoms with Crippen LogP contribution in [0.15, 0.2) is 48.5 Å². The van der Waals surface area contributed by atoms with Gasteiger partial charge in [0.05, 0.1) is 14.2 Å².